The lowest BCUT2D eigenvalue weighted by molar-refractivity contribution is -0.125. The summed E-state index contributed by atoms with van der Waals surface area (Å²) in [5.41, 5.74) is 2.31. The van der Waals surface area contributed by atoms with E-state index in [-0.39, 0.29) is 5.92 Å². The minimum Gasteiger partial charge on any atom is -0.299 e. The van der Waals surface area contributed by atoms with Crippen molar-refractivity contribution in [3.63, 3.8) is 0 Å². The van der Waals surface area contributed by atoms with Crippen LogP contribution in [-0.2, 0) is 4.79 Å². The second kappa shape index (κ2) is 4.82. The van der Waals surface area contributed by atoms with Crippen LogP contribution in [0, 0.1) is 23.7 Å². The summed E-state index contributed by atoms with van der Waals surface area (Å²) < 4.78 is 0. The molecule has 0 saturated heterocycles. The minimum absolute atomic E-state index is 0.283. The number of carbonyl (C=O) groups excluding carboxylic acids is 1. The van der Waals surface area contributed by atoms with Crippen molar-refractivity contribution in [2.75, 3.05) is 0 Å². The predicted molar refractivity (Wildman–Crippen MR) is 71.9 cm³/mol. The van der Waals surface area contributed by atoms with Gasteiger partial charge in [0.2, 0.25) is 0 Å². The third-order valence-electron chi connectivity index (χ3n) is 3.95. The number of carbonyl (C=O) groups is 1. The summed E-state index contributed by atoms with van der Waals surface area (Å²) in [6.45, 7) is 0. The summed E-state index contributed by atoms with van der Waals surface area (Å²) in [6, 6.07) is 10.1. The Labute approximate surface area is 108 Å². The van der Waals surface area contributed by atoms with Gasteiger partial charge in [-0.2, -0.15) is 0 Å². The van der Waals surface area contributed by atoms with Crippen molar-refractivity contribution in [2.24, 2.45) is 11.8 Å². The van der Waals surface area contributed by atoms with Gasteiger partial charge in [0.05, 0.1) is 0 Å². The maximum absolute atomic E-state index is 11.6. The molecule has 18 heavy (non-hydrogen) atoms. The summed E-state index contributed by atoms with van der Waals surface area (Å²) in [5.74, 6) is 7.80. The number of benzene rings is 1. The van der Waals surface area contributed by atoms with Gasteiger partial charge in [-0.1, -0.05) is 36.1 Å². The molecule has 2 aliphatic carbocycles. The van der Waals surface area contributed by atoms with Crippen molar-refractivity contribution in [1.29, 1.82) is 0 Å². The van der Waals surface area contributed by atoms with E-state index in [1.165, 1.54) is 5.57 Å². The van der Waals surface area contributed by atoms with Crippen molar-refractivity contribution >= 4 is 5.78 Å². The third-order valence-corrected chi connectivity index (χ3v) is 3.95. The van der Waals surface area contributed by atoms with Crippen LogP contribution < -0.4 is 0 Å². The Morgan fingerprint density at radius 2 is 1.89 bits per heavy atom. The number of hydrogen-bond acceptors (Lipinski definition) is 1. The van der Waals surface area contributed by atoms with Crippen molar-refractivity contribution in [3.8, 4) is 11.8 Å². The van der Waals surface area contributed by atoms with Gasteiger partial charge in [0, 0.05) is 23.5 Å². The molecular formula is C17H16O. The molecule has 2 aliphatic rings. The van der Waals surface area contributed by atoms with Crippen LogP contribution >= 0.6 is 0 Å². The number of allylic oxidation sites excluding steroid dienone is 2. The molecular weight excluding hydrogens is 220 g/mol. The number of fused-ring (bicyclic) bond motifs is 2. The maximum Gasteiger partial charge on any atom is 0.136 e. The Hall–Kier alpha value is -1.81. The van der Waals surface area contributed by atoms with Crippen molar-refractivity contribution < 1.29 is 4.79 Å². The first kappa shape index (κ1) is 11.3. The summed E-state index contributed by atoms with van der Waals surface area (Å²) in [4.78, 5) is 11.6. The molecule has 0 heterocycles. The Balaban J connectivity index is 1.80. The van der Waals surface area contributed by atoms with Gasteiger partial charge in [-0.15, -0.1) is 0 Å². The number of hydrogen-bond donors (Lipinski definition) is 0. The van der Waals surface area contributed by atoms with Crippen LogP contribution in [0.1, 0.15) is 31.2 Å². The Kier molecular flexibility index (Phi) is 3.02. The lowest BCUT2D eigenvalue weighted by atomic mass is 9.71. The van der Waals surface area contributed by atoms with Gasteiger partial charge in [-0.05, 0) is 37.3 Å². The highest BCUT2D eigenvalue weighted by Gasteiger charge is 2.32. The molecule has 2 atom stereocenters. The van der Waals surface area contributed by atoms with Gasteiger partial charge in [-0.25, -0.2) is 0 Å². The minimum atomic E-state index is 0.283. The molecule has 1 nitrogen and oxygen atoms in total. The van der Waals surface area contributed by atoms with E-state index in [9.17, 15) is 4.79 Å². The normalized spacial score (nSPS) is 26.0. The molecule has 90 valence electrons. The monoisotopic (exact) mass is 236 g/mol. The van der Waals surface area contributed by atoms with E-state index in [0.717, 1.165) is 31.2 Å². The van der Waals surface area contributed by atoms with Gasteiger partial charge in [-0.3, -0.25) is 4.79 Å². The fourth-order valence-corrected chi connectivity index (χ4v) is 2.88. The van der Waals surface area contributed by atoms with Crippen LogP contribution in [0.3, 0.4) is 0 Å². The number of Topliss-reactive ketones (excluding diaryl/α,β-unsaturated/α-hetero) is 1. The van der Waals surface area contributed by atoms with E-state index < -0.39 is 0 Å². The second-order valence-electron chi connectivity index (χ2n) is 5.15. The lowest BCUT2D eigenvalue weighted by Gasteiger charge is -2.31. The Morgan fingerprint density at radius 1 is 1.06 bits per heavy atom. The molecule has 0 aliphatic heterocycles. The average molecular weight is 236 g/mol. The second-order valence-corrected chi connectivity index (χ2v) is 5.15. The molecule has 0 N–H and O–H groups in total. The van der Waals surface area contributed by atoms with Crippen LogP contribution in [0.4, 0.5) is 0 Å². The van der Waals surface area contributed by atoms with Gasteiger partial charge < -0.3 is 0 Å². The quantitative estimate of drug-likeness (QED) is 0.631. The molecule has 1 heteroatoms. The van der Waals surface area contributed by atoms with Crippen molar-refractivity contribution in [2.45, 2.75) is 25.7 Å². The Morgan fingerprint density at radius 3 is 2.72 bits per heavy atom. The van der Waals surface area contributed by atoms with E-state index in [1.54, 1.807) is 0 Å². The van der Waals surface area contributed by atoms with Crippen molar-refractivity contribution in [1.82, 2.24) is 0 Å². The predicted octanol–water partition coefficient (Wildman–Crippen LogP) is 3.35. The van der Waals surface area contributed by atoms with E-state index in [1.807, 2.05) is 30.3 Å². The first-order valence-electron chi connectivity index (χ1n) is 6.63. The number of ketones is 1. The smallest absolute Gasteiger partial charge is 0.136 e. The van der Waals surface area contributed by atoms with Crippen LogP contribution in [0.2, 0.25) is 0 Å². The summed E-state index contributed by atoms with van der Waals surface area (Å²) in [7, 11) is 0. The molecule has 1 fully saturated rings. The lowest BCUT2D eigenvalue weighted by Crippen LogP contribution is -2.28. The molecule has 0 aromatic heterocycles. The standard InChI is InChI=1S/C17H16O/c18-17-11-10-15-12-16(17)9-8-14(15)7-6-13-4-2-1-3-5-13/h1-5,8,15-16H,9-12H2/t15-,16?/m1/s1. The fraction of sp³-hybridized carbons (Fsp3) is 0.353. The molecule has 2 bridgehead atoms. The first-order chi connectivity index (χ1) is 8.83. The van der Waals surface area contributed by atoms with E-state index >= 15 is 0 Å². The van der Waals surface area contributed by atoms with Gasteiger partial charge in [0.25, 0.3) is 0 Å². The highest BCUT2D eigenvalue weighted by atomic mass is 16.1. The van der Waals surface area contributed by atoms with Crippen LogP contribution in [-0.4, -0.2) is 5.78 Å². The highest BCUT2D eigenvalue weighted by Crippen LogP contribution is 2.37. The van der Waals surface area contributed by atoms with Gasteiger partial charge in [0.1, 0.15) is 5.78 Å². The molecule has 0 spiro atoms. The molecule has 1 aromatic rings. The fourth-order valence-electron chi connectivity index (χ4n) is 2.88. The zero-order chi connectivity index (χ0) is 12.4. The summed E-state index contributed by atoms with van der Waals surface area (Å²) in [6.07, 6.45) is 5.85. The van der Waals surface area contributed by atoms with E-state index in [4.69, 9.17) is 0 Å². The molecule has 0 radical (unpaired) electrons. The van der Waals surface area contributed by atoms with Crippen molar-refractivity contribution in [3.05, 3.63) is 47.5 Å². The van der Waals surface area contributed by atoms with Crippen LogP contribution in [0.25, 0.3) is 0 Å². The maximum atomic E-state index is 11.6. The number of rotatable bonds is 0. The Bertz CT molecular complexity index is 542. The average Bonchev–Trinajstić information content (AvgIpc) is 2.43. The zero-order valence-corrected chi connectivity index (χ0v) is 10.4. The van der Waals surface area contributed by atoms with Gasteiger partial charge in [0.15, 0.2) is 0 Å². The summed E-state index contributed by atoms with van der Waals surface area (Å²) in [5, 5.41) is 0. The zero-order valence-electron chi connectivity index (χ0n) is 10.4. The van der Waals surface area contributed by atoms with E-state index in [0.29, 0.717) is 11.7 Å². The summed E-state index contributed by atoms with van der Waals surface area (Å²) >= 11 is 0. The van der Waals surface area contributed by atoms with E-state index in [2.05, 4.69) is 17.9 Å². The highest BCUT2D eigenvalue weighted by molar-refractivity contribution is 5.82. The molecule has 1 aromatic carbocycles. The molecule has 1 saturated carbocycles. The molecule has 3 rings (SSSR count). The van der Waals surface area contributed by atoms with Gasteiger partial charge >= 0.3 is 0 Å². The first-order valence-corrected chi connectivity index (χ1v) is 6.63. The molecule has 1 unspecified atom stereocenters. The van der Waals surface area contributed by atoms with Crippen LogP contribution in [0.15, 0.2) is 42.0 Å². The third kappa shape index (κ3) is 2.24. The largest absolute Gasteiger partial charge is 0.299 e. The SMILES string of the molecule is O=C1CC[C@@H]2CC1CC=C2C#Cc1ccccc1. The molecule has 0 amide bonds. The topological polar surface area (TPSA) is 17.1 Å². The van der Waals surface area contributed by atoms with Crippen LogP contribution in [0.5, 0.6) is 0 Å².